The Morgan fingerprint density at radius 1 is 1.14 bits per heavy atom. The molecule has 7 heteroatoms. The number of piperidine rings is 1. The summed E-state index contributed by atoms with van der Waals surface area (Å²) in [6.45, 7) is 2.09. The van der Waals surface area contributed by atoms with Crippen LogP contribution >= 0.6 is 0 Å². The molecule has 1 saturated heterocycles. The van der Waals surface area contributed by atoms with Crippen molar-refractivity contribution < 1.29 is 14.7 Å². The first-order valence-corrected chi connectivity index (χ1v) is 9.44. The van der Waals surface area contributed by atoms with Gasteiger partial charge in [-0.2, -0.15) is 0 Å². The van der Waals surface area contributed by atoms with E-state index in [1.165, 1.54) is 19.3 Å². The van der Waals surface area contributed by atoms with Crippen LogP contribution in [0.2, 0.25) is 0 Å². The SMILES string of the molecule is O=C(Nc1ccc(N2CCCCC2)cc1)C1=C(O)C(c2cccnc2)NC1=O. The zero-order valence-corrected chi connectivity index (χ0v) is 15.4. The van der Waals surface area contributed by atoms with Gasteiger partial charge in [0, 0.05) is 42.4 Å². The number of carbonyl (C=O) groups is 2. The molecule has 3 heterocycles. The third-order valence-corrected chi connectivity index (χ3v) is 5.12. The number of amides is 2. The zero-order chi connectivity index (χ0) is 19.5. The Kier molecular flexibility index (Phi) is 4.97. The molecule has 2 aromatic rings. The van der Waals surface area contributed by atoms with Crippen LogP contribution in [0.25, 0.3) is 0 Å². The monoisotopic (exact) mass is 378 g/mol. The van der Waals surface area contributed by atoms with Crippen LogP contribution in [0, 0.1) is 0 Å². The van der Waals surface area contributed by atoms with E-state index >= 15 is 0 Å². The van der Waals surface area contributed by atoms with Crippen LogP contribution in [-0.2, 0) is 9.59 Å². The van der Waals surface area contributed by atoms with Crippen molar-refractivity contribution in [1.82, 2.24) is 10.3 Å². The van der Waals surface area contributed by atoms with Crippen molar-refractivity contribution in [3.05, 3.63) is 65.7 Å². The molecule has 7 nitrogen and oxygen atoms in total. The van der Waals surface area contributed by atoms with E-state index in [-0.39, 0.29) is 11.3 Å². The van der Waals surface area contributed by atoms with Crippen molar-refractivity contribution in [3.63, 3.8) is 0 Å². The second kappa shape index (κ2) is 7.72. The summed E-state index contributed by atoms with van der Waals surface area (Å²) in [4.78, 5) is 31.1. The fourth-order valence-corrected chi connectivity index (χ4v) is 3.64. The molecule has 0 radical (unpaired) electrons. The van der Waals surface area contributed by atoms with E-state index in [1.807, 2.05) is 24.3 Å². The third kappa shape index (κ3) is 3.55. The van der Waals surface area contributed by atoms with Crippen LogP contribution in [0.5, 0.6) is 0 Å². The second-order valence-corrected chi connectivity index (χ2v) is 7.00. The lowest BCUT2D eigenvalue weighted by Crippen LogP contribution is -2.29. The highest BCUT2D eigenvalue weighted by atomic mass is 16.3. The van der Waals surface area contributed by atoms with Crippen molar-refractivity contribution in [2.24, 2.45) is 0 Å². The smallest absolute Gasteiger partial charge is 0.264 e. The molecule has 0 bridgehead atoms. The van der Waals surface area contributed by atoms with E-state index in [1.54, 1.807) is 24.5 Å². The summed E-state index contributed by atoms with van der Waals surface area (Å²) in [7, 11) is 0. The number of anilines is 2. The number of carbonyl (C=O) groups excluding carboxylic acids is 2. The van der Waals surface area contributed by atoms with Gasteiger partial charge in [0.2, 0.25) is 0 Å². The van der Waals surface area contributed by atoms with Crippen LogP contribution in [0.15, 0.2) is 60.1 Å². The summed E-state index contributed by atoms with van der Waals surface area (Å²) < 4.78 is 0. The first-order valence-electron chi connectivity index (χ1n) is 9.44. The second-order valence-electron chi connectivity index (χ2n) is 7.00. The molecular formula is C21H22N4O3. The summed E-state index contributed by atoms with van der Waals surface area (Å²) in [5.74, 6) is -1.53. The highest BCUT2D eigenvalue weighted by molar-refractivity contribution is 6.24. The molecular weight excluding hydrogens is 356 g/mol. The minimum atomic E-state index is -0.761. The van der Waals surface area contributed by atoms with E-state index in [4.69, 9.17) is 0 Å². The van der Waals surface area contributed by atoms with Gasteiger partial charge in [-0.25, -0.2) is 0 Å². The first kappa shape index (κ1) is 18.0. The average Bonchev–Trinajstić information content (AvgIpc) is 3.04. The largest absolute Gasteiger partial charge is 0.509 e. The van der Waals surface area contributed by atoms with Gasteiger partial charge in [0.1, 0.15) is 17.4 Å². The molecule has 1 aromatic heterocycles. The molecule has 1 unspecified atom stereocenters. The highest BCUT2D eigenvalue weighted by Gasteiger charge is 2.37. The number of nitrogens with one attached hydrogen (secondary N) is 2. The fourth-order valence-electron chi connectivity index (χ4n) is 3.64. The Morgan fingerprint density at radius 3 is 2.57 bits per heavy atom. The van der Waals surface area contributed by atoms with Crippen molar-refractivity contribution in [3.8, 4) is 0 Å². The third-order valence-electron chi connectivity index (χ3n) is 5.12. The molecule has 1 atom stereocenters. The van der Waals surface area contributed by atoms with Crippen LogP contribution < -0.4 is 15.5 Å². The number of aliphatic hydroxyl groups is 1. The summed E-state index contributed by atoms with van der Waals surface area (Å²) in [5, 5.41) is 15.7. The minimum absolute atomic E-state index is 0.269. The topological polar surface area (TPSA) is 94.6 Å². The van der Waals surface area contributed by atoms with Gasteiger partial charge in [-0.05, 0) is 49.6 Å². The molecule has 1 fully saturated rings. The van der Waals surface area contributed by atoms with Crippen molar-refractivity contribution in [1.29, 1.82) is 0 Å². The number of hydrogen-bond donors (Lipinski definition) is 3. The van der Waals surface area contributed by atoms with Crippen molar-refractivity contribution in [2.75, 3.05) is 23.3 Å². The lowest BCUT2D eigenvalue weighted by Gasteiger charge is -2.28. The molecule has 2 amide bonds. The normalized spacial score (nSPS) is 19.5. The summed E-state index contributed by atoms with van der Waals surface area (Å²) in [6, 6.07) is 10.2. The van der Waals surface area contributed by atoms with Gasteiger partial charge < -0.3 is 20.6 Å². The van der Waals surface area contributed by atoms with Crippen molar-refractivity contribution >= 4 is 23.2 Å². The number of aliphatic hydroxyl groups excluding tert-OH is 1. The summed E-state index contributed by atoms with van der Waals surface area (Å²) >= 11 is 0. The Hall–Kier alpha value is -3.35. The quantitative estimate of drug-likeness (QED) is 0.711. The predicted octanol–water partition coefficient (Wildman–Crippen LogP) is 2.69. The number of pyridine rings is 1. The van der Waals surface area contributed by atoms with Crippen molar-refractivity contribution in [2.45, 2.75) is 25.3 Å². The summed E-state index contributed by atoms with van der Waals surface area (Å²) in [5.41, 5.74) is 2.04. The van der Waals surface area contributed by atoms with E-state index in [2.05, 4.69) is 20.5 Å². The first-order chi connectivity index (χ1) is 13.6. The Balaban J connectivity index is 1.48. The summed E-state index contributed by atoms with van der Waals surface area (Å²) in [6.07, 6.45) is 6.80. The van der Waals surface area contributed by atoms with E-state index in [9.17, 15) is 14.7 Å². The van der Waals surface area contributed by atoms with Crippen LogP contribution in [0.4, 0.5) is 11.4 Å². The van der Waals surface area contributed by atoms with Gasteiger partial charge in [-0.3, -0.25) is 14.6 Å². The maximum absolute atomic E-state index is 12.6. The Bertz CT molecular complexity index is 903. The van der Waals surface area contributed by atoms with Crippen LogP contribution in [-0.4, -0.2) is 35.0 Å². The lowest BCUT2D eigenvalue weighted by atomic mass is 10.1. The number of hydrogen-bond acceptors (Lipinski definition) is 5. The van der Waals surface area contributed by atoms with E-state index in [0.29, 0.717) is 11.3 Å². The maximum Gasteiger partial charge on any atom is 0.264 e. The average molecular weight is 378 g/mol. The molecule has 2 aliphatic rings. The molecule has 0 spiro atoms. The lowest BCUT2D eigenvalue weighted by molar-refractivity contribution is -0.120. The molecule has 2 aliphatic heterocycles. The van der Waals surface area contributed by atoms with Gasteiger partial charge >= 0.3 is 0 Å². The van der Waals surface area contributed by atoms with Gasteiger partial charge in [0.05, 0.1) is 0 Å². The molecule has 28 heavy (non-hydrogen) atoms. The molecule has 144 valence electrons. The van der Waals surface area contributed by atoms with Gasteiger partial charge in [-0.15, -0.1) is 0 Å². The predicted molar refractivity (Wildman–Crippen MR) is 106 cm³/mol. The molecule has 1 aromatic carbocycles. The number of aromatic nitrogens is 1. The number of benzene rings is 1. The number of nitrogens with zero attached hydrogens (tertiary/aromatic N) is 2. The van der Waals surface area contributed by atoms with Crippen LogP contribution in [0.3, 0.4) is 0 Å². The highest BCUT2D eigenvalue weighted by Crippen LogP contribution is 2.29. The van der Waals surface area contributed by atoms with Gasteiger partial charge in [0.25, 0.3) is 11.8 Å². The van der Waals surface area contributed by atoms with Gasteiger partial charge in [0.15, 0.2) is 0 Å². The van der Waals surface area contributed by atoms with E-state index < -0.39 is 17.9 Å². The number of rotatable bonds is 4. The molecule has 3 N–H and O–H groups in total. The molecule has 4 rings (SSSR count). The van der Waals surface area contributed by atoms with Gasteiger partial charge in [-0.1, -0.05) is 6.07 Å². The standard InChI is InChI=1S/C21H22N4O3/c26-19-17(21(28)24-18(19)14-5-4-10-22-13-14)20(27)23-15-6-8-16(9-7-15)25-11-2-1-3-12-25/h4-10,13,18,26H,1-3,11-12H2,(H,23,27)(H,24,28). The maximum atomic E-state index is 12.6. The van der Waals surface area contributed by atoms with E-state index in [0.717, 1.165) is 18.8 Å². The fraction of sp³-hybridized carbons (Fsp3) is 0.286. The zero-order valence-electron chi connectivity index (χ0n) is 15.4. The Labute approximate surface area is 163 Å². The molecule has 0 saturated carbocycles. The Morgan fingerprint density at radius 2 is 1.89 bits per heavy atom. The molecule has 0 aliphatic carbocycles. The van der Waals surface area contributed by atoms with Crippen LogP contribution in [0.1, 0.15) is 30.9 Å². The minimum Gasteiger partial charge on any atom is -0.509 e.